The minimum atomic E-state index is 0.611. The van der Waals surface area contributed by atoms with Crippen LogP contribution >= 0.6 is 0 Å². The van der Waals surface area contributed by atoms with E-state index in [0.29, 0.717) is 29.9 Å². The van der Waals surface area contributed by atoms with Crippen LogP contribution in [0.25, 0.3) is 0 Å². The number of benzene rings is 2. The van der Waals surface area contributed by atoms with Gasteiger partial charge in [-0.05, 0) is 0 Å². The Morgan fingerprint density at radius 3 is 1.39 bits per heavy atom. The number of hydrogen-bond donors (Lipinski definition) is 0. The van der Waals surface area contributed by atoms with E-state index >= 15 is 0 Å². The predicted molar refractivity (Wildman–Crippen MR) is 80.9 cm³/mol. The zero-order valence-corrected chi connectivity index (χ0v) is 13.6. The summed E-state index contributed by atoms with van der Waals surface area (Å²) in [5.41, 5.74) is 2.91. The molecule has 0 saturated carbocycles. The molecular weight excluding hydrogens is 350 g/mol. The Morgan fingerprint density at radius 1 is 0.611 bits per heavy atom. The van der Waals surface area contributed by atoms with Gasteiger partial charge < -0.3 is 0 Å². The van der Waals surface area contributed by atoms with Crippen molar-refractivity contribution < 1.29 is 0 Å². The quantitative estimate of drug-likeness (QED) is 0.689. The topological polar surface area (TPSA) is 0 Å². The Balaban J connectivity index is 1.64. The number of hydrogen-bond acceptors (Lipinski definition) is 0. The maximum absolute atomic E-state index is 2.39. The summed E-state index contributed by atoms with van der Waals surface area (Å²) in [5, 5.41) is 2.43. The van der Waals surface area contributed by atoms with E-state index in [-0.39, 0.29) is 0 Å². The van der Waals surface area contributed by atoms with Crippen molar-refractivity contribution in [3.63, 3.8) is 0 Å². The van der Waals surface area contributed by atoms with Crippen molar-refractivity contribution in [1.29, 1.82) is 0 Å². The molecule has 0 saturated heterocycles. The van der Waals surface area contributed by atoms with Crippen molar-refractivity contribution in [3.8, 4) is 0 Å². The van der Waals surface area contributed by atoms with E-state index < -0.39 is 0 Å². The zero-order valence-electron chi connectivity index (χ0n) is 10.2. The molecule has 18 heavy (non-hydrogen) atoms. The summed E-state index contributed by atoms with van der Waals surface area (Å²) in [6.45, 7) is 0. The molecule has 0 aliphatic carbocycles. The van der Waals surface area contributed by atoms with Gasteiger partial charge in [0.2, 0.25) is 0 Å². The van der Waals surface area contributed by atoms with E-state index in [1.165, 1.54) is 21.8 Å². The predicted octanol–water partition coefficient (Wildman–Crippen LogP) is 3.27. The average molecular weight is 366 g/mol. The van der Waals surface area contributed by atoms with Gasteiger partial charge in [-0.3, -0.25) is 0 Å². The number of rotatable bonds is 6. The second-order valence-corrected chi connectivity index (χ2v) is 7.62. The molecule has 2 aromatic rings. The van der Waals surface area contributed by atoms with Crippen LogP contribution in [0.2, 0.25) is 0 Å². The van der Waals surface area contributed by atoms with Crippen LogP contribution in [0.5, 0.6) is 0 Å². The van der Waals surface area contributed by atoms with E-state index in [9.17, 15) is 0 Å². The van der Waals surface area contributed by atoms with Crippen molar-refractivity contribution in [2.45, 2.75) is 10.6 Å². The molecule has 92 valence electrons. The fourth-order valence-corrected chi connectivity index (χ4v) is 5.58. The van der Waals surface area contributed by atoms with Crippen molar-refractivity contribution in [2.24, 2.45) is 0 Å². The van der Waals surface area contributed by atoms with Gasteiger partial charge in [0.1, 0.15) is 0 Å². The summed E-state index contributed by atoms with van der Waals surface area (Å²) in [4.78, 5) is 4.78. The van der Waals surface area contributed by atoms with Crippen molar-refractivity contribution in [2.75, 3.05) is 0 Å². The van der Waals surface area contributed by atoms with Gasteiger partial charge in [-0.25, -0.2) is 0 Å². The van der Waals surface area contributed by atoms with E-state index in [1.807, 2.05) is 0 Å². The molecule has 0 nitrogen and oxygen atoms in total. The average Bonchev–Trinajstić information content (AvgIpc) is 2.45. The molecule has 0 fully saturated rings. The van der Waals surface area contributed by atoms with Gasteiger partial charge >= 0.3 is 122 Å². The van der Waals surface area contributed by atoms with Gasteiger partial charge in [-0.15, -0.1) is 0 Å². The Kier molecular flexibility index (Phi) is 6.33. The third-order valence-corrected chi connectivity index (χ3v) is 6.78. The second kappa shape index (κ2) is 8.34. The fourth-order valence-electron chi connectivity index (χ4n) is 1.52. The summed E-state index contributed by atoms with van der Waals surface area (Å²) < 4.78 is 0. The minimum absolute atomic E-state index is 0.611. The molecule has 0 bridgehead atoms. The van der Waals surface area contributed by atoms with Crippen LogP contribution in [0.1, 0.15) is 11.1 Å². The Hall–Kier alpha value is -0.781. The third-order valence-electron chi connectivity index (χ3n) is 2.43. The molecule has 0 N–H and O–H groups in total. The van der Waals surface area contributed by atoms with E-state index in [1.54, 1.807) is 0 Å². The van der Waals surface area contributed by atoms with Gasteiger partial charge in [0.05, 0.1) is 0 Å². The van der Waals surface area contributed by atoms with E-state index in [0.717, 1.165) is 0 Å². The van der Waals surface area contributed by atoms with Crippen LogP contribution in [-0.2, 0) is 10.6 Å². The normalized spacial score (nSPS) is 10.9. The maximum atomic E-state index is 2.39. The van der Waals surface area contributed by atoms with Crippen molar-refractivity contribution in [1.82, 2.24) is 0 Å². The molecule has 0 heterocycles. The van der Waals surface area contributed by atoms with Gasteiger partial charge in [-0.1, -0.05) is 0 Å². The first-order valence-electron chi connectivity index (χ1n) is 5.91. The Labute approximate surface area is 122 Å². The van der Waals surface area contributed by atoms with Crippen LogP contribution in [0.3, 0.4) is 0 Å². The van der Waals surface area contributed by atoms with Crippen LogP contribution in [0.15, 0.2) is 70.6 Å². The molecule has 2 heteroatoms. The van der Waals surface area contributed by atoms with Gasteiger partial charge in [0, 0.05) is 0 Å². The summed E-state index contributed by atoms with van der Waals surface area (Å²) >= 11 is 1.22. The first-order valence-corrected chi connectivity index (χ1v) is 10.3. The summed E-state index contributed by atoms with van der Waals surface area (Å²) in [6, 6.07) is 21.5. The van der Waals surface area contributed by atoms with Gasteiger partial charge in [0.15, 0.2) is 0 Å². The summed E-state index contributed by atoms with van der Waals surface area (Å²) in [7, 11) is 0. The van der Waals surface area contributed by atoms with Crippen LogP contribution in [0, 0.1) is 0 Å². The van der Waals surface area contributed by atoms with Gasteiger partial charge in [-0.2, -0.15) is 0 Å². The molecular formula is C16H16Se2. The molecule has 0 atom stereocenters. The monoisotopic (exact) mass is 368 g/mol. The first kappa shape index (κ1) is 13.6. The second-order valence-electron chi connectivity index (χ2n) is 3.87. The zero-order chi connectivity index (χ0) is 12.5. The fraction of sp³-hybridized carbons (Fsp3) is 0.125. The standard InChI is InChI=1S/C16H16Se2/c1-3-7-15(8-4-1)13-17-11-12-18-14-16-9-5-2-6-10-16/h1-12H,13-14H2/b12-11+. The Morgan fingerprint density at radius 2 is 1.00 bits per heavy atom. The Bertz CT molecular complexity index is 417. The molecule has 2 aromatic carbocycles. The molecule has 0 amide bonds. The molecule has 0 aliphatic heterocycles. The molecule has 0 spiro atoms. The van der Waals surface area contributed by atoms with Crippen LogP contribution < -0.4 is 0 Å². The summed E-state index contributed by atoms with van der Waals surface area (Å²) in [6.07, 6.45) is 0. The molecule has 0 unspecified atom stereocenters. The summed E-state index contributed by atoms with van der Waals surface area (Å²) in [5.74, 6) is 0. The van der Waals surface area contributed by atoms with Crippen LogP contribution in [0.4, 0.5) is 0 Å². The third kappa shape index (κ3) is 5.25. The van der Waals surface area contributed by atoms with E-state index in [2.05, 4.69) is 70.6 Å². The first-order chi connectivity index (χ1) is 8.95. The molecule has 0 radical (unpaired) electrons. The molecule has 0 aromatic heterocycles. The molecule has 0 aliphatic rings. The van der Waals surface area contributed by atoms with Crippen molar-refractivity contribution in [3.05, 3.63) is 81.7 Å². The molecule has 2 rings (SSSR count). The SMILES string of the molecule is C(=C\[Se]Cc1ccccc1)/[Se]Cc1ccccc1. The van der Waals surface area contributed by atoms with E-state index in [4.69, 9.17) is 0 Å². The van der Waals surface area contributed by atoms with Gasteiger partial charge in [0.25, 0.3) is 0 Å². The van der Waals surface area contributed by atoms with Crippen LogP contribution in [-0.4, -0.2) is 29.9 Å². The van der Waals surface area contributed by atoms with Crippen molar-refractivity contribution >= 4 is 29.9 Å².